The van der Waals surface area contributed by atoms with Crippen LogP contribution in [0.1, 0.15) is 30.0 Å². The lowest BCUT2D eigenvalue weighted by Crippen LogP contribution is -2.29. The van der Waals surface area contributed by atoms with E-state index in [2.05, 4.69) is 10.4 Å². The van der Waals surface area contributed by atoms with Crippen molar-refractivity contribution in [2.75, 3.05) is 13.1 Å². The molecule has 2 aromatic rings. The Labute approximate surface area is 146 Å². The number of allylic oxidation sites excluding steroid dienone is 2. The zero-order chi connectivity index (χ0) is 17.8. The summed E-state index contributed by atoms with van der Waals surface area (Å²) in [5, 5.41) is 17.8. The molecule has 7 heteroatoms. The van der Waals surface area contributed by atoms with Gasteiger partial charge < -0.3 is 27.6 Å². The van der Waals surface area contributed by atoms with E-state index in [0.29, 0.717) is 22.9 Å². The third-order valence-corrected chi connectivity index (χ3v) is 4.42. The number of rotatable bonds is 4. The highest BCUT2D eigenvalue weighted by molar-refractivity contribution is 5.84. The van der Waals surface area contributed by atoms with Gasteiger partial charge in [-0.25, -0.2) is 0 Å². The van der Waals surface area contributed by atoms with Crippen LogP contribution in [-0.4, -0.2) is 28.0 Å². The van der Waals surface area contributed by atoms with Crippen molar-refractivity contribution >= 4 is 11.3 Å². The van der Waals surface area contributed by atoms with Gasteiger partial charge in [0.05, 0.1) is 12.2 Å². The number of hydrogen-bond acceptors (Lipinski definition) is 6. The molecule has 0 atom stereocenters. The normalized spacial score (nSPS) is 15.9. The van der Waals surface area contributed by atoms with Crippen molar-refractivity contribution in [1.82, 2.24) is 15.1 Å². The summed E-state index contributed by atoms with van der Waals surface area (Å²) in [6.45, 7) is 1.98. The van der Waals surface area contributed by atoms with Crippen LogP contribution in [0.4, 0.5) is 0 Å². The average molecular weight is 340 g/mol. The average Bonchev–Trinajstić information content (AvgIpc) is 3.10. The SMILES string of the molecule is NC(N)=C(/C=C(\N)c1ccccc1O)c1cnn(C2CCNCC2)c1. The van der Waals surface area contributed by atoms with Gasteiger partial charge in [-0.1, -0.05) is 12.1 Å². The molecule has 3 rings (SSSR count). The second-order valence-electron chi connectivity index (χ2n) is 6.18. The summed E-state index contributed by atoms with van der Waals surface area (Å²) in [4.78, 5) is 0. The number of para-hydroxylation sites is 1. The number of phenols is 1. The Morgan fingerprint density at radius 1 is 1.20 bits per heavy atom. The van der Waals surface area contributed by atoms with E-state index in [0.717, 1.165) is 31.5 Å². The molecule has 0 bridgehead atoms. The maximum atomic E-state index is 9.96. The summed E-state index contributed by atoms with van der Waals surface area (Å²) < 4.78 is 1.96. The van der Waals surface area contributed by atoms with Crippen LogP contribution >= 0.6 is 0 Å². The van der Waals surface area contributed by atoms with Gasteiger partial charge in [0, 0.05) is 28.6 Å². The minimum atomic E-state index is 0.108. The number of aromatic hydroxyl groups is 1. The fourth-order valence-corrected chi connectivity index (χ4v) is 3.03. The fourth-order valence-electron chi connectivity index (χ4n) is 3.03. The van der Waals surface area contributed by atoms with E-state index < -0.39 is 0 Å². The molecule has 0 unspecified atom stereocenters. The molecule has 0 spiro atoms. The van der Waals surface area contributed by atoms with Gasteiger partial charge in [0.1, 0.15) is 11.6 Å². The topological polar surface area (TPSA) is 128 Å². The van der Waals surface area contributed by atoms with Gasteiger partial charge >= 0.3 is 0 Å². The highest BCUT2D eigenvalue weighted by Crippen LogP contribution is 2.26. The quantitative estimate of drug-likeness (QED) is 0.530. The first-order chi connectivity index (χ1) is 12.1. The van der Waals surface area contributed by atoms with Crippen LogP contribution in [0.2, 0.25) is 0 Å². The first kappa shape index (κ1) is 16.9. The molecule has 1 aromatic heterocycles. The summed E-state index contributed by atoms with van der Waals surface area (Å²) in [6.07, 6.45) is 7.43. The van der Waals surface area contributed by atoms with Crippen LogP contribution < -0.4 is 22.5 Å². The summed E-state index contributed by atoms with van der Waals surface area (Å²) in [7, 11) is 0. The minimum absolute atomic E-state index is 0.108. The van der Waals surface area contributed by atoms with Crippen LogP contribution in [0, 0.1) is 0 Å². The largest absolute Gasteiger partial charge is 0.507 e. The Morgan fingerprint density at radius 2 is 1.92 bits per heavy atom. The van der Waals surface area contributed by atoms with Crippen LogP contribution in [0.15, 0.2) is 48.6 Å². The van der Waals surface area contributed by atoms with E-state index in [1.807, 2.05) is 10.9 Å². The molecule has 25 heavy (non-hydrogen) atoms. The number of nitrogens with two attached hydrogens (primary N) is 3. The number of aromatic nitrogens is 2. The molecule has 8 N–H and O–H groups in total. The van der Waals surface area contributed by atoms with E-state index in [4.69, 9.17) is 17.2 Å². The van der Waals surface area contributed by atoms with Crippen LogP contribution in [-0.2, 0) is 0 Å². The number of hydrogen-bond donors (Lipinski definition) is 5. The van der Waals surface area contributed by atoms with E-state index in [9.17, 15) is 5.11 Å². The Morgan fingerprint density at radius 3 is 2.60 bits per heavy atom. The standard InChI is InChI=1S/C18H24N6O/c19-16(14-3-1-2-4-17(14)25)9-15(18(20)21)12-10-23-24(11-12)13-5-7-22-8-6-13/h1-4,9-11,13,22,25H,5-8,19-21H2/b16-9-. The minimum Gasteiger partial charge on any atom is -0.507 e. The van der Waals surface area contributed by atoms with E-state index >= 15 is 0 Å². The Bertz CT molecular complexity index is 797. The smallest absolute Gasteiger partial charge is 0.124 e. The van der Waals surface area contributed by atoms with Crippen molar-refractivity contribution in [3.05, 3.63) is 59.7 Å². The maximum Gasteiger partial charge on any atom is 0.124 e. The molecule has 132 valence electrons. The molecule has 1 aliphatic rings. The summed E-state index contributed by atoms with van der Waals surface area (Å²) >= 11 is 0. The predicted octanol–water partition coefficient (Wildman–Crippen LogP) is 1.10. The highest BCUT2D eigenvalue weighted by Gasteiger charge is 2.17. The van der Waals surface area contributed by atoms with Gasteiger partial charge in [-0.3, -0.25) is 4.68 Å². The third-order valence-electron chi connectivity index (χ3n) is 4.42. The fraction of sp³-hybridized carbons (Fsp3) is 0.278. The van der Waals surface area contributed by atoms with Crippen molar-refractivity contribution < 1.29 is 5.11 Å². The summed E-state index contributed by atoms with van der Waals surface area (Å²) in [5.41, 5.74) is 20.2. The molecule has 0 aliphatic carbocycles. The maximum absolute atomic E-state index is 9.96. The second kappa shape index (κ2) is 7.31. The second-order valence-corrected chi connectivity index (χ2v) is 6.18. The molecule has 1 fully saturated rings. The lowest BCUT2D eigenvalue weighted by Gasteiger charge is -2.22. The predicted molar refractivity (Wildman–Crippen MR) is 98.9 cm³/mol. The van der Waals surface area contributed by atoms with Gasteiger partial charge in [0.25, 0.3) is 0 Å². The van der Waals surface area contributed by atoms with Gasteiger partial charge in [-0.2, -0.15) is 5.10 Å². The number of nitrogens with zero attached hydrogens (tertiary/aromatic N) is 2. The van der Waals surface area contributed by atoms with Gasteiger partial charge in [-0.05, 0) is 44.1 Å². The first-order valence-electron chi connectivity index (χ1n) is 8.32. The molecule has 0 amide bonds. The van der Waals surface area contributed by atoms with Gasteiger partial charge in [0.2, 0.25) is 0 Å². The molecule has 1 aromatic carbocycles. The van der Waals surface area contributed by atoms with Crippen molar-refractivity contribution in [2.45, 2.75) is 18.9 Å². The monoisotopic (exact) mass is 340 g/mol. The van der Waals surface area contributed by atoms with E-state index in [-0.39, 0.29) is 11.6 Å². The number of nitrogens with one attached hydrogen (secondary N) is 1. The molecule has 1 saturated heterocycles. The van der Waals surface area contributed by atoms with Crippen molar-refractivity contribution in [1.29, 1.82) is 0 Å². The van der Waals surface area contributed by atoms with E-state index in [1.54, 1.807) is 36.5 Å². The van der Waals surface area contributed by atoms with Gasteiger partial charge in [-0.15, -0.1) is 0 Å². The zero-order valence-corrected chi connectivity index (χ0v) is 14.0. The molecule has 7 nitrogen and oxygen atoms in total. The third kappa shape index (κ3) is 3.77. The molecular weight excluding hydrogens is 316 g/mol. The molecule has 0 radical (unpaired) electrons. The number of piperidine rings is 1. The van der Waals surface area contributed by atoms with Crippen molar-refractivity contribution in [3.8, 4) is 5.75 Å². The molecule has 0 saturated carbocycles. The number of benzene rings is 1. The van der Waals surface area contributed by atoms with Crippen LogP contribution in [0.3, 0.4) is 0 Å². The Hall–Kier alpha value is -2.93. The lowest BCUT2D eigenvalue weighted by atomic mass is 10.0. The zero-order valence-electron chi connectivity index (χ0n) is 14.0. The van der Waals surface area contributed by atoms with E-state index in [1.165, 1.54) is 0 Å². The summed E-state index contributed by atoms with van der Waals surface area (Å²) in [5.74, 6) is 0.264. The van der Waals surface area contributed by atoms with Crippen LogP contribution in [0.5, 0.6) is 5.75 Å². The molecular formula is C18H24N6O. The van der Waals surface area contributed by atoms with Crippen LogP contribution in [0.25, 0.3) is 11.3 Å². The molecule has 1 aliphatic heterocycles. The van der Waals surface area contributed by atoms with Crippen molar-refractivity contribution in [3.63, 3.8) is 0 Å². The number of phenolic OH excluding ortho intramolecular Hbond substituents is 1. The lowest BCUT2D eigenvalue weighted by molar-refractivity contribution is 0.343. The van der Waals surface area contributed by atoms with Gasteiger partial charge in [0.15, 0.2) is 0 Å². The Kier molecular flexibility index (Phi) is 4.95. The molecule has 2 heterocycles. The van der Waals surface area contributed by atoms with Crippen molar-refractivity contribution in [2.24, 2.45) is 17.2 Å². The first-order valence-corrected chi connectivity index (χ1v) is 8.32. The summed E-state index contributed by atoms with van der Waals surface area (Å²) in [6, 6.07) is 7.24. The Balaban J connectivity index is 1.90. The highest BCUT2D eigenvalue weighted by atomic mass is 16.3.